The number of hydrogen-bond acceptors (Lipinski definition) is 4. The molecule has 0 radical (unpaired) electrons. The third-order valence-corrected chi connectivity index (χ3v) is 3.12. The molecule has 2 aromatic rings. The molecule has 1 N–H and O–H groups in total. The van der Waals surface area contributed by atoms with E-state index in [0.717, 1.165) is 0 Å². The highest BCUT2D eigenvalue weighted by Gasteiger charge is 2.14. The summed E-state index contributed by atoms with van der Waals surface area (Å²) in [7, 11) is 0. The zero-order valence-electron chi connectivity index (χ0n) is 12.8. The molecule has 0 aliphatic carbocycles. The molecule has 0 spiro atoms. The molecule has 23 heavy (non-hydrogen) atoms. The van der Waals surface area contributed by atoms with E-state index in [1.165, 1.54) is 12.1 Å². The van der Waals surface area contributed by atoms with Gasteiger partial charge in [0.2, 0.25) is 0 Å². The van der Waals surface area contributed by atoms with Crippen LogP contribution >= 0.6 is 0 Å². The Labute approximate surface area is 133 Å². The SMILES string of the molecule is CCOC(=O)CCCNC(=O)c1ccc(-c2ccccc2F)o1. The lowest BCUT2D eigenvalue weighted by atomic mass is 10.1. The average molecular weight is 319 g/mol. The van der Waals surface area contributed by atoms with Gasteiger partial charge in [0, 0.05) is 13.0 Å². The maximum absolute atomic E-state index is 13.7. The molecule has 1 aromatic carbocycles. The van der Waals surface area contributed by atoms with Crippen molar-refractivity contribution in [3.8, 4) is 11.3 Å². The molecule has 0 saturated heterocycles. The molecular formula is C17H18FNO4. The van der Waals surface area contributed by atoms with E-state index < -0.39 is 11.7 Å². The first-order chi connectivity index (χ1) is 11.1. The number of benzene rings is 1. The van der Waals surface area contributed by atoms with Crippen molar-refractivity contribution < 1.29 is 23.1 Å². The van der Waals surface area contributed by atoms with E-state index in [1.807, 2.05) is 0 Å². The van der Waals surface area contributed by atoms with Crippen LogP contribution in [0.4, 0.5) is 4.39 Å². The highest BCUT2D eigenvalue weighted by molar-refractivity contribution is 5.92. The fraction of sp³-hybridized carbons (Fsp3) is 0.294. The molecular weight excluding hydrogens is 301 g/mol. The van der Waals surface area contributed by atoms with Crippen LogP contribution in [0.5, 0.6) is 0 Å². The van der Waals surface area contributed by atoms with Gasteiger partial charge in [-0.3, -0.25) is 9.59 Å². The Balaban J connectivity index is 1.87. The van der Waals surface area contributed by atoms with Gasteiger partial charge in [0.25, 0.3) is 5.91 Å². The summed E-state index contributed by atoms with van der Waals surface area (Å²) < 4.78 is 23.8. The Hall–Kier alpha value is -2.63. The maximum atomic E-state index is 13.7. The van der Waals surface area contributed by atoms with E-state index in [-0.39, 0.29) is 18.2 Å². The number of nitrogens with one attached hydrogen (secondary N) is 1. The van der Waals surface area contributed by atoms with Crippen LogP contribution in [0.25, 0.3) is 11.3 Å². The quantitative estimate of drug-likeness (QED) is 0.629. The predicted molar refractivity (Wildman–Crippen MR) is 82.3 cm³/mol. The van der Waals surface area contributed by atoms with Crippen molar-refractivity contribution in [3.63, 3.8) is 0 Å². The Morgan fingerprint density at radius 3 is 2.74 bits per heavy atom. The number of halogens is 1. The monoisotopic (exact) mass is 319 g/mol. The third kappa shape index (κ3) is 4.67. The summed E-state index contributed by atoms with van der Waals surface area (Å²) in [6.45, 7) is 2.41. The second-order valence-electron chi connectivity index (χ2n) is 4.81. The number of carbonyl (C=O) groups is 2. The first-order valence-corrected chi connectivity index (χ1v) is 7.40. The second-order valence-corrected chi connectivity index (χ2v) is 4.81. The van der Waals surface area contributed by atoms with Gasteiger partial charge in [0.05, 0.1) is 12.2 Å². The minimum Gasteiger partial charge on any atom is -0.466 e. The minimum atomic E-state index is -0.414. The summed E-state index contributed by atoms with van der Waals surface area (Å²) >= 11 is 0. The molecule has 1 aromatic heterocycles. The van der Waals surface area contributed by atoms with Crippen molar-refractivity contribution in [3.05, 3.63) is 48.0 Å². The number of ether oxygens (including phenoxy) is 1. The maximum Gasteiger partial charge on any atom is 0.305 e. The Morgan fingerprint density at radius 1 is 1.22 bits per heavy atom. The number of rotatable bonds is 7. The van der Waals surface area contributed by atoms with E-state index >= 15 is 0 Å². The number of hydrogen-bond donors (Lipinski definition) is 1. The average Bonchev–Trinajstić information content (AvgIpc) is 3.02. The normalized spacial score (nSPS) is 10.3. The summed E-state index contributed by atoms with van der Waals surface area (Å²) in [5.74, 6) is -0.722. The van der Waals surface area contributed by atoms with Crippen molar-refractivity contribution >= 4 is 11.9 Å². The topological polar surface area (TPSA) is 68.5 Å². The molecule has 5 nitrogen and oxygen atoms in total. The zero-order chi connectivity index (χ0) is 16.7. The Kier molecular flexibility index (Phi) is 5.91. The second kappa shape index (κ2) is 8.12. The Bertz CT molecular complexity index is 681. The molecule has 1 heterocycles. The van der Waals surface area contributed by atoms with Gasteiger partial charge >= 0.3 is 5.97 Å². The standard InChI is InChI=1S/C17H18FNO4/c1-2-22-16(20)8-5-11-19-17(21)15-10-9-14(23-15)12-6-3-4-7-13(12)18/h3-4,6-7,9-10H,2,5,8,11H2,1H3,(H,19,21). The molecule has 1 amide bonds. The molecule has 0 atom stereocenters. The van der Waals surface area contributed by atoms with E-state index in [9.17, 15) is 14.0 Å². The first kappa shape index (κ1) is 16.7. The van der Waals surface area contributed by atoms with Gasteiger partial charge in [0.15, 0.2) is 5.76 Å². The summed E-state index contributed by atoms with van der Waals surface area (Å²) in [5.41, 5.74) is 0.300. The molecule has 0 saturated carbocycles. The molecule has 0 unspecified atom stereocenters. The first-order valence-electron chi connectivity index (χ1n) is 7.40. The van der Waals surface area contributed by atoms with Crippen LogP contribution in [-0.4, -0.2) is 25.0 Å². The van der Waals surface area contributed by atoms with Gasteiger partial charge in [-0.25, -0.2) is 4.39 Å². The molecule has 0 fully saturated rings. The van der Waals surface area contributed by atoms with Crippen LogP contribution < -0.4 is 5.32 Å². The number of esters is 1. The zero-order valence-corrected chi connectivity index (χ0v) is 12.8. The van der Waals surface area contributed by atoms with Crippen molar-refractivity contribution in [2.24, 2.45) is 0 Å². The summed E-state index contributed by atoms with van der Waals surface area (Å²) in [6, 6.07) is 9.21. The largest absolute Gasteiger partial charge is 0.466 e. The van der Waals surface area contributed by atoms with E-state index in [0.29, 0.717) is 30.9 Å². The molecule has 0 aliphatic rings. The van der Waals surface area contributed by atoms with Crippen molar-refractivity contribution in [1.29, 1.82) is 0 Å². The summed E-state index contributed by atoms with van der Waals surface area (Å²) in [6.07, 6.45) is 0.720. The lowest BCUT2D eigenvalue weighted by Gasteiger charge is -2.03. The van der Waals surface area contributed by atoms with Crippen LogP contribution in [0, 0.1) is 5.82 Å². The molecule has 0 bridgehead atoms. The van der Waals surface area contributed by atoms with Gasteiger partial charge < -0.3 is 14.5 Å². The van der Waals surface area contributed by atoms with Crippen LogP contribution in [0.2, 0.25) is 0 Å². The fourth-order valence-corrected chi connectivity index (χ4v) is 2.02. The van der Waals surface area contributed by atoms with E-state index in [4.69, 9.17) is 9.15 Å². The van der Waals surface area contributed by atoms with Gasteiger partial charge in [0.1, 0.15) is 11.6 Å². The lowest BCUT2D eigenvalue weighted by molar-refractivity contribution is -0.143. The van der Waals surface area contributed by atoms with Crippen LogP contribution in [-0.2, 0) is 9.53 Å². The fourth-order valence-electron chi connectivity index (χ4n) is 2.02. The van der Waals surface area contributed by atoms with Gasteiger partial charge in [-0.2, -0.15) is 0 Å². The van der Waals surface area contributed by atoms with Gasteiger partial charge in [-0.15, -0.1) is 0 Å². The molecule has 6 heteroatoms. The van der Waals surface area contributed by atoms with Crippen molar-refractivity contribution in [2.45, 2.75) is 19.8 Å². The van der Waals surface area contributed by atoms with Crippen molar-refractivity contribution in [1.82, 2.24) is 5.32 Å². The molecule has 2 rings (SSSR count). The minimum absolute atomic E-state index is 0.0967. The summed E-state index contributed by atoms with van der Waals surface area (Å²) in [5, 5.41) is 2.64. The highest BCUT2D eigenvalue weighted by Crippen LogP contribution is 2.24. The van der Waals surface area contributed by atoms with Crippen LogP contribution in [0.1, 0.15) is 30.3 Å². The number of furan rings is 1. The number of carbonyl (C=O) groups excluding carboxylic acids is 2. The Morgan fingerprint density at radius 2 is 2.00 bits per heavy atom. The van der Waals surface area contributed by atoms with Crippen LogP contribution in [0.3, 0.4) is 0 Å². The smallest absolute Gasteiger partial charge is 0.305 e. The van der Waals surface area contributed by atoms with E-state index in [2.05, 4.69) is 5.32 Å². The third-order valence-electron chi connectivity index (χ3n) is 3.12. The predicted octanol–water partition coefficient (Wildman–Crippen LogP) is 3.16. The van der Waals surface area contributed by atoms with Crippen molar-refractivity contribution in [2.75, 3.05) is 13.2 Å². The highest BCUT2D eigenvalue weighted by atomic mass is 19.1. The van der Waals surface area contributed by atoms with Gasteiger partial charge in [-0.05, 0) is 37.6 Å². The van der Waals surface area contributed by atoms with Crippen LogP contribution in [0.15, 0.2) is 40.8 Å². The number of amides is 1. The summed E-state index contributed by atoms with van der Waals surface area (Å²) in [4.78, 5) is 23.1. The molecule has 122 valence electrons. The van der Waals surface area contributed by atoms with E-state index in [1.54, 1.807) is 31.2 Å². The lowest BCUT2D eigenvalue weighted by Crippen LogP contribution is -2.24. The van der Waals surface area contributed by atoms with Gasteiger partial charge in [-0.1, -0.05) is 12.1 Å². The molecule has 0 aliphatic heterocycles.